The van der Waals surface area contributed by atoms with Gasteiger partial charge in [-0.1, -0.05) is 26.0 Å². The lowest BCUT2D eigenvalue weighted by molar-refractivity contribution is 0.112. The molecule has 0 aromatic heterocycles. The molecule has 72 valence electrons. The van der Waals surface area contributed by atoms with E-state index in [1.54, 1.807) is 30.5 Å². The molecule has 3 heteroatoms. The quantitative estimate of drug-likeness (QED) is 0.683. The van der Waals surface area contributed by atoms with Crippen molar-refractivity contribution in [3.05, 3.63) is 29.8 Å². The van der Waals surface area contributed by atoms with Crippen molar-refractivity contribution in [2.75, 3.05) is 6.26 Å². The van der Waals surface area contributed by atoms with E-state index in [0.717, 1.165) is 11.2 Å². The molecule has 0 N–H and O–H groups in total. The van der Waals surface area contributed by atoms with Crippen LogP contribution in [0, 0.1) is 0 Å². The van der Waals surface area contributed by atoms with Crippen LogP contribution in [-0.4, -0.2) is 16.8 Å². The van der Waals surface area contributed by atoms with E-state index < -0.39 is 10.8 Å². The van der Waals surface area contributed by atoms with Gasteiger partial charge in [0.2, 0.25) is 0 Å². The third-order valence-electron chi connectivity index (χ3n) is 1.35. The lowest BCUT2D eigenvalue weighted by Gasteiger charge is -1.94. The summed E-state index contributed by atoms with van der Waals surface area (Å²) in [5, 5.41) is 0. The first-order valence-electron chi connectivity index (χ1n) is 4.12. The first kappa shape index (κ1) is 12.0. The Bertz CT molecular complexity index is 277. The monoisotopic (exact) mass is 198 g/mol. The maximum Gasteiger partial charge on any atom is 0.150 e. The third kappa shape index (κ3) is 3.99. The number of benzene rings is 1. The largest absolute Gasteiger partial charge is 0.298 e. The van der Waals surface area contributed by atoms with Crippen molar-refractivity contribution in [2.45, 2.75) is 18.7 Å². The topological polar surface area (TPSA) is 34.1 Å². The molecule has 2 nitrogen and oxygen atoms in total. The van der Waals surface area contributed by atoms with Gasteiger partial charge in [0.25, 0.3) is 0 Å². The van der Waals surface area contributed by atoms with Gasteiger partial charge in [-0.15, -0.1) is 0 Å². The summed E-state index contributed by atoms with van der Waals surface area (Å²) < 4.78 is 10.9. The molecule has 0 saturated carbocycles. The van der Waals surface area contributed by atoms with Gasteiger partial charge in [-0.3, -0.25) is 9.00 Å². The highest BCUT2D eigenvalue weighted by molar-refractivity contribution is 7.84. The Morgan fingerprint density at radius 2 is 1.62 bits per heavy atom. The lowest BCUT2D eigenvalue weighted by Crippen LogP contribution is -1.87. The van der Waals surface area contributed by atoms with Gasteiger partial charge in [-0.25, -0.2) is 0 Å². The molecule has 0 spiro atoms. The fraction of sp³-hybridized carbons (Fsp3) is 0.300. The molecule has 1 aromatic carbocycles. The summed E-state index contributed by atoms with van der Waals surface area (Å²) >= 11 is 0. The van der Waals surface area contributed by atoms with Crippen LogP contribution in [0.25, 0.3) is 0 Å². The molecule has 0 heterocycles. The second kappa shape index (κ2) is 6.54. The number of hydrogen-bond acceptors (Lipinski definition) is 2. The summed E-state index contributed by atoms with van der Waals surface area (Å²) in [6.07, 6.45) is 2.37. The van der Waals surface area contributed by atoms with Crippen LogP contribution in [0.2, 0.25) is 0 Å². The molecular formula is C10H14O2S. The van der Waals surface area contributed by atoms with Crippen LogP contribution in [0.4, 0.5) is 0 Å². The Morgan fingerprint density at radius 1 is 1.15 bits per heavy atom. The van der Waals surface area contributed by atoms with Gasteiger partial charge < -0.3 is 0 Å². The maximum atomic E-state index is 10.9. The molecule has 0 bridgehead atoms. The molecule has 0 aliphatic heterocycles. The van der Waals surface area contributed by atoms with Crippen LogP contribution >= 0.6 is 0 Å². The maximum absolute atomic E-state index is 10.9. The normalized spacial score (nSPS) is 11.0. The Hall–Kier alpha value is -0.960. The first-order valence-corrected chi connectivity index (χ1v) is 5.68. The zero-order valence-electron chi connectivity index (χ0n) is 8.11. The lowest BCUT2D eigenvalue weighted by atomic mass is 10.2. The zero-order chi connectivity index (χ0) is 10.3. The van der Waals surface area contributed by atoms with Crippen molar-refractivity contribution in [3.63, 3.8) is 0 Å². The van der Waals surface area contributed by atoms with E-state index in [-0.39, 0.29) is 0 Å². The van der Waals surface area contributed by atoms with Crippen molar-refractivity contribution in [3.8, 4) is 0 Å². The van der Waals surface area contributed by atoms with Gasteiger partial charge in [0.1, 0.15) is 6.29 Å². The van der Waals surface area contributed by atoms with Gasteiger partial charge >= 0.3 is 0 Å². The van der Waals surface area contributed by atoms with E-state index in [0.29, 0.717) is 5.56 Å². The molecule has 1 atom stereocenters. The van der Waals surface area contributed by atoms with Crippen LogP contribution in [-0.2, 0) is 10.8 Å². The van der Waals surface area contributed by atoms with E-state index in [1.807, 2.05) is 13.8 Å². The SMILES string of the molecule is CC.CS(=O)c1ccc(C=O)cc1. The molecule has 0 radical (unpaired) electrons. The minimum atomic E-state index is -0.955. The highest BCUT2D eigenvalue weighted by Crippen LogP contribution is 2.05. The van der Waals surface area contributed by atoms with E-state index in [4.69, 9.17) is 0 Å². The minimum Gasteiger partial charge on any atom is -0.298 e. The summed E-state index contributed by atoms with van der Waals surface area (Å²) in [4.78, 5) is 11.0. The fourth-order valence-electron chi connectivity index (χ4n) is 0.738. The van der Waals surface area contributed by atoms with E-state index in [9.17, 15) is 9.00 Å². The van der Waals surface area contributed by atoms with E-state index in [1.165, 1.54) is 0 Å². The van der Waals surface area contributed by atoms with Crippen LogP contribution in [0.1, 0.15) is 24.2 Å². The second-order valence-electron chi connectivity index (χ2n) is 2.14. The minimum absolute atomic E-state index is 0.610. The highest BCUT2D eigenvalue weighted by atomic mass is 32.2. The Labute approximate surface area is 81.4 Å². The molecule has 13 heavy (non-hydrogen) atoms. The zero-order valence-corrected chi connectivity index (χ0v) is 8.93. The summed E-state index contributed by atoms with van der Waals surface area (Å²) in [7, 11) is -0.955. The smallest absolute Gasteiger partial charge is 0.150 e. The predicted octanol–water partition coefficient (Wildman–Crippen LogP) is 2.26. The molecule has 0 amide bonds. The van der Waals surface area contributed by atoms with E-state index >= 15 is 0 Å². The number of aldehydes is 1. The third-order valence-corrected chi connectivity index (χ3v) is 2.28. The molecule has 1 aromatic rings. The van der Waals surface area contributed by atoms with Crippen LogP contribution < -0.4 is 0 Å². The Kier molecular flexibility index (Phi) is 6.06. The number of hydrogen-bond donors (Lipinski definition) is 0. The molecule has 0 fully saturated rings. The van der Waals surface area contributed by atoms with Gasteiger partial charge in [-0.05, 0) is 12.1 Å². The molecule has 1 rings (SSSR count). The Balaban J connectivity index is 0.000000671. The van der Waals surface area contributed by atoms with Gasteiger partial charge in [0.15, 0.2) is 0 Å². The van der Waals surface area contributed by atoms with Crippen LogP contribution in [0.5, 0.6) is 0 Å². The van der Waals surface area contributed by atoms with Crippen molar-refractivity contribution in [1.82, 2.24) is 0 Å². The summed E-state index contributed by atoms with van der Waals surface area (Å²) in [6, 6.07) is 6.70. The predicted molar refractivity (Wildman–Crippen MR) is 55.5 cm³/mol. The number of carbonyl (C=O) groups excluding carboxylic acids is 1. The highest BCUT2D eigenvalue weighted by Gasteiger charge is 1.95. The molecule has 0 aliphatic carbocycles. The first-order chi connectivity index (χ1) is 6.24. The van der Waals surface area contributed by atoms with Crippen molar-refractivity contribution >= 4 is 17.1 Å². The standard InChI is InChI=1S/C8H8O2S.C2H6/c1-11(10)8-4-2-7(6-9)3-5-8;1-2/h2-6H,1H3;1-2H3. The van der Waals surface area contributed by atoms with Gasteiger partial charge in [-0.2, -0.15) is 0 Å². The molecular weight excluding hydrogens is 184 g/mol. The van der Waals surface area contributed by atoms with Crippen LogP contribution in [0.15, 0.2) is 29.2 Å². The summed E-state index contributed by atoms with van der Waals surface area (Å²) in [6.45, 7) is 4.00. The molecule has 1 unspecified atom stereocenters. The van der Waals surface area contributed by atoms with Crippen molar-refractivity contribution < 1.29 is 9.00 Å². The summed E-state index contributed by atoms with van der Waals surface area (Å²) in [5.41, 5.74) is 0.610. The van der Waals surface area contributed by atoms with Crippen LogP contribution in [0.3, 0.4) is 0 Å². The average Bonchev–Trinajstić information content (AvgIpc) is 2.21. The number of carbonyl (C=O) groups is 1. The summed E-state index contributed by atoms with van der Waals surface area (Å²) in [5.74, 6) is 0. The Morgan fingerprint density at radius 3 is 1.92 bits per heavy atom. The molecule has 0 aliphatic rings. The van der Waals surface area contributed by atoms with Crippen molar-refractivity contribution in [1.29, 1.82) is 0 Å². The number of rotatable bonds is 2. The fourth-order valence-corrected chi connectivity index (χ4v) is 1.26. The van der Waals surface area contributed by atoms with Crippen molar-refractivity contribution in [2.24, 2.45) is 0 Å². The van der Waals surface area contributed by atoms with Gasteiger partial charge in [0, 0.05) is 27.5 Å². The second-order valence-corrected chi connectivity index (χ2v) is 3.52. The average molecular weight is 198 g/mol. The molecule has 0 saturated heterocycles. The van der Waals surface area contributed by atoms with E-state index in [2.05, 4.69) is 0 Å². The van der Waals surface area contributed by atoms with Gasteiger partial charge in [0.05, 0.1) is 0 Å².